The average molecular weight is 388 g/mol. The van der Waals surface area contributed by atoms with Gasteiger partial charge in [0.15, 0.2) is 0 Å². The smallest absolute Gasteiger partial charge is 0.231 e. The van der Waals surface area contributed by atoms with Crippen molar-refractivity contribution >= 4 is 33.3 Å². The molecule has 0 aliphatic carbocycles. The minimum Gasteiger partial charge on any atom is -0.325 e. The van der Waals surface area contributed by atoms with Gasteiger partial charge in [0.05, 0.1) is 5.92 Å². The van der Waals surface area contributed by atoms with Gasteiger partial charge >= 0.3 is 0 Å². The SMILES string of the molecule is CC[C@@H](C(=O)Nc1cc(-c2nc3cccnc3s2)ccc1C)c1ccccc1. The van der Waals surface area contributed by atoms with Crippen LogP contribution in [0.15, 0.2) is 66.9 Å². The molecule has 0 saturated carbocycles. The van der Waals surface area contributed by atoms with Crippen LogP contribution in [0.5, 0.6) is 0 Å². The number of hydrogen-bond acceptors (Lipinski definition) is 4. The minimum atomic E-state index is -0.170. The standard InChI is InChI=1S/C23H21N3OS/c1-3-18(16-8-5-4-6-9-16)21(27)25-20-14-17(12-11-15(20)2)22-26-19-10-7-13-24-23(19)28-22/h4-14,18H,3H2,1-2H3,(H,25,27)/t18-/m1/s1. The molecule has 0 aliphatic rings. The van der Waals surface area contributed by atoms with Gasteiger partial charge in [0.25, 0.3) is 0 Å². The zero-order valence-electron chi connectivity index (χ0n) is 15.8. The number of rotatable bonds is 5. The Kier molecular flexibility index (Phi) is 5.17. The van der Waals surface area contributed by atoms with Gasteiger partial charge in [0.2, 0.25) is 5.91 Å². The quantitative estimate of drug-likeness (QED) is 0.471. The lowest BCUT2D eigenvalue weighted by molar-refractivity contribution is -0.117. The van der Waals surface area contributed by atoms with Gasteiger partial charge in [-0.2, -0.15) is 0 Å². The molecule has 1 atom stereocenters. The Balaban J connectivity index is 1.63. The summed E-state index contributed by atoms with van der Waals surface area (Å²) in [6.07, 6.45) is 2.53. The van der Waals surface area contributed by atoms with E-state index in [0.29, 0.717) is 0 Å². The Bertz CT molecular complexity index is 1090. The van der Waals surface area contributed by atoms with E-state index in [1.807, 2.05) is 74.5 Å². The second-order valence-electron chi connectivity index (χ2n) is 6.74. The number of carbonyl (C=O) groups excluding carboxylic acids is 1. The van der Waals surface area contributed by atoms with Crippen molar-refractivity contribution in [2.75, 3.05) is 5.32 Å². The van der Waals surface area contributed by atoms with Crippen LogP contribution >= 0.6 is 11.3 Å². The van der Waals surface area contributed by atoms with Crippen LogP contribution < -0.4 is 5.32 Å². The van der Waals surface area contributed by atoms with E-state index in [9.17, 15) is 4.79 Å². The van der Waals surface area contributed by atoms with Gasteiger partial charge in [-0.15, -0.1) is 0 Å². The van der Waals surface area contributed by atoms with E-state index >= 15 is 0 Å². The molecule has 0 radical (unpaired) electrons. The summed E-state index contributed by atoms with van der Waals surface area (Å²) in [6, 6.07) is 19.8. The van der Waals surface area contributed by atoms with E-state index < -0.39 is 0 Å². The Labute approximate surface area is 168 Å². The molecule has 5 heteroatoms. The molecule has 2 heterocycles. The van der Waals surface area contributed by atoms with Crippen LogP contribution in [0.4, 0.5) is 5.69 Å². The summed E-state index contributed by atoms with van der Waals surface area (Å²) >= 11 is 1.56. The predicted octanol–water partition coefficient (Wildman–Crippen LogP) is 5.80. The van der Waals surface area contributed by atoms with Crippen LogP contribution in [0.25, 0.3) is 20.9 Å². The summed E-state index contributed by atoms with van der Waals surface area (Å²) in [4.78, 5) is 22.9. The molecule has 0 saturated heterocycles. The molecule has 0 aliphatic heterocycles. The van der Waals surface area contributed by atoms with E-state index in [1.54, 1.807) is 17.5 Å². The molecule has 28 heavy (non-hydrogen) atoms. The molecule has 0 bridgehead atoms. The number of thiazole rings is 1. The molecule has 2 aromatic carbocycles. The first-order chi connectivity index (χ1) is 13.7. The van der Waals surface area contributed by atoms with Crippen molar-refractivity contribution in [1.29, 1.82) is 0 Å². The highest BCUT2D eigenvalue weighted by molar-refractivity contribution is 7.21. The van der Waals surface area contributed by atoms with Crippen LogP contribution in [-0.2, 0) is 4.79 Å². The largest absolute Gasteiger partial charge is 0.325 e. The summed E-state index contributed by atoms with van der Waals surface area (Å²) < 4.78 is 0. The maximum atomic E-state index is 13.0. The molecule has 0 unspecified atom stereocenters. The third kappa shape index (κ3) is 3.66. The normalized spacial score (nSPS) is 12.1. The van der Waals surface area contributed by atoms with Crippen LogP contribution in [0.3, 0.4) is 0 Å². The number of amides is 1. The summed E-state index contributed by atoms with van der Waals surface area (Å²) in [7, 11) is 0. The molecule has 2 aromatic heterocycles. The van der Waals surface area contributed by atoms with Gasteiger partial charge in [0.1, 0.15) is 15.4 Å². The molecule has 0 spiro atoms. The molecule has 4 aromatic rings. The fraction of sp³-hybridized carbons (Fsp3) is 0.174. The Morgan fingerprint density at radius 3 is 2.68 bits per heavy atom. The third-order valence-electron chi connectivity index (χ3n) is 4.84. The Morgan fingerprint density at radius 1 is 1.11 bits per heavy atom. The number of nitrogens with zero attached hydrogens (tertiary/aromatic N) is 2. The number of anilines is 1. The highest BCUT2D eigenvalue weighted by atomic mass is 32.1. The van der Waals surface area contributed by atoms with Crippen molar-refractivity contribution in [3.05, 3.63) is 78.0 Å². The summed E-state index contributed by atoms with van der Waals surface area (Å²) in [5.74, 6) is -0.157. The molecule has 0 fully saturated rings. The second-order valence-corrected chi connectivity index (χ2v) is 7.71. The van der Waals surface area contributed by atoms with E-state index in [-0.39, 0.29) is 11.8 Å². The highest BCUT2D eigenvalue weighted by Gasteiger charge is 2.19. The molecule has 1 amide bonds. The number of pyridine rings is 1. The van der Waals surface area contributed by atoms with Gasteiger partial charge in [-0.05, 0) is 42.7 Å². The number of hydrogen-bond donors (Lipinski definition) is 1. The van der Waals surface area contributed by atoms with Crippen molar-refractivity contribution in [1.82, 2.24) is 9.97 Å². The highest BCUT2D eigenvalue weighted by Crippen LogP contribution is 2.32. The van der Waals surface area contributed by atoms with Crippen molar-refractivity contribution in [3.8, 4) is 10.6 Å². The first kappa shape index (κ1) is 18.3. The number of aryl methyl sites for hydroxylation is 1. The maximum Gasteiger partial charge on any atom is 0.231 e. The number of aromatic nitrogens is 2. The number of nitrogens with one attached hydrogen (secondary N) is 1. The van der Waals surface area contributed by atoms with Gasteiger partial charge < -0.3 is 5.32 Å². The minimum absolute atomic E-state index is 0.0138. The maximum absolute atomic E-state index is 13.0. The number of benzene rings is 2. The lowest BCUT2D eigenvalue weighted by atomic mass is 9.95. The van der Waals surface area contributed by atoms with Crippen molar-refractivity contribution in [2.24, 2.45) is 0 Å². The zero-order valence-corrected chi connectivity index (χ0v) is 16.7. The molecular weight excluding hydrogens is 366 g/mol. The van der Waals surface area contributed by atoms with Crippen LogP contribution in [0, 0.1) is 6.92 Å². The van der Waals surface area contributed by atoms with Gasteiger partial charge in [-0.25, -0.2) is 9.97 Å². The van der Waals surface area contributed by atoms with Crippen LogP contribution in [-0.4, -0.2) is 15.9 Å². The van der Waals surface area contributed by atoms with Crippen LogP contribution in [0.1, 0.15) is 30.4 Å². The summed E-state index contributed by atoms with van der Waals surface area (Å²) in [5, 5.41) is 4.03. The van der Waals surface area contributed by atoms with Crippen LogP contribution in [0.2, 0.25) is 0 Å². The number of fused-ring (bicyclic) bond motifs is 1. The summed E-state index contributed by atoms with van der Waals surface area (Å²) in [5.41, 5.74) is 4.76. The lowest BCUT2D eigenvalue weighted by Crippen LogP contribution is -2.21. The molecule has 1 N–H and O–H groups in total. The van der Waals surface area contributed by atoms with E-state index in [1.165, 1.54) is 0 Å². The fourth-order valence-corrected chi connectivity index (χ4v) is 4.16. The van der Waals surface area contributed by atoms with Gasteiger partial charge in [-0.1, -0.05) is 60.7 Å². The van der Waals surface area contributed by atoms with Crippen molar-refractivity contribution in [3.63, 3.8) is 0 Å². The number of carbonyl (C=O) groups is 1. The van der Waals surface area contributed by atoms with Crippen molar-refractivity contribution < 1.29 is 4.79 Å². The van der Waals surface area contributed by atoms with E-state index in [0.717, 1.165) is 44.2 Å². The average Bonchev–Trinajstić information content (AvgIpc) is 3.15. The first-order valence-electron chi connectivity index (χ1n) is 9.34. The van der Waals surface area contributed by atoms with Crippen molar-refractivity contribution in [2.45, 2.75) is 26.2 Å². The monoisotopic (exact) mass is 387 g/mol. The molecule has 140 valence electrons. The van der Waals surface area contributed by atoms with Gasteiger partial charge in [0, 0.05) is 17.4 Å². The Hall–Kier alpha value is -3.05. The zero-order chi connectivity index (χ0) is 19.5. The lowest BCUT2D eigenvalue weighted by Gasteiger charge is -2.17. The topological polar surface area (TPSA) is 54.9 Å². The Morgan fingerprint density at radius 2 is 1.93 bits per heavy atom. The fourth-order valence-electron chi connectivity index (χ4n) is 3.26. The predicted molar refractivity (Wildman–Crippen MR) is 116 cm³/mol. The second kappa shape index (κ2) is 7.90. The van der Waals surface area contributed by atoms with E-state index in [2.05, 4.69) is 15.3 Å². The summed E-state index contributed by atoms with van der Waals surface area (Å²) in [6.45, 7) is 4.04. The molecular formula is C23H21N3OS. The molecule has 4 nitrogen and oxygen atoms in total. The molecule has 4 rings (SSSR count). The van der Waals surface area contributed by atoms with E-state index in [4.69, 9.17) is 0 Å². The van der Waals surface area contributed by atoms with Gasteiger partial charge in [-0.3, -0.25) is 4.79 Å². The first-order valence-corrected chi connectivity index (χ1v) is 10.2. The third-order valence-corrected chi connectivity index (χ3v) is 5.86.